The number of carbonyl (C=O) groups is 1. The van der Waals surface area contributed by atoms with Crippen LogP contribution in [0, 0.1) is 0 Å². The van der Waals surface area contributed by atoms with Crippen LogP contribution in [0.25, 0.3) is 0 Å². The lowest BCUT2D eigenvalue weighted by Crippen LogP contribution is -2.07. The Labute approximate surface area is 115 Å². The number of alkyl halides is 4. The molecule has 0 aliphatic rings. The molecular formula is C11H10Br2F2O2. The predicted molar refractivity (Wildman–Crippen MR) is 68.4 cm³/mol. The highest BCUT2D eigenvalue weighted by Crippen LogP contribution is 2.23. The number of ketones is 1. The number of rotatable bonds is 6. The molecular weight excluding hydrogens is 362 g/mol. The summed E-state index contributed by atoms with van der Waals surface area (Å²) in [6.07, 6.45) is 0.318. The third-order valence-corrected chi connectivity index (χ3v) is 3.07. The van der Waals surface area contributed by atoms with Crippen LogP contribution in [-0.2, 0) is 5.33 Å². The predicted octanol–water partition coefficient (Wildman–Crippen LogP) is 4.15. The van der Waals surface area contributed by atoms with Crippen molar-refractivity contribution in [2.45, 2.75) is 18.4 Å². The van der Waals surface area contributed by atoms with E-state index >= 15 is 0 Å². The molecule has 0 fully saturated rings. The highest BCUT2D eigenvalue weighted by molar-refractivity contribution is 9.09. The number of ether oxygens (including phenoxy) is 1. The molecule has 0 saturated heterocycles. The van der Waals surface area contributed by atoms with Gasteiger partial charge in [0.05, 0.1) is 0 Å². The van der Waals surface area contributed by atoms with Crippen molar-refractivity contribution in [3.63, 3.8) is 0 Å². The summed E-state index contributed by atoms with van der Waals surface area (Å²) in [5.41, 5.74) is 1.18. The van der Waals surface area contributed by atoms with Crippen molar-refractivity contribution >= 4 is 37.6 Å². The van der Waals surface area contributed by atoms with Crippen molar-refractivity contribution in [1.29, 1.82) is 0 Å². The van der Waals surface area contributed by atoms with Gasteiger partial charge in [-0.1, -0.05) is 37.9 Å². The van der Waals surface area contributed by atoms with E-state index in [1.54, 1.807) is 6.07 Å². The van der Waals surface area contributed by atoms with Crippen LogP contribution in [0.3, 0.4) is 0 Å². The van der Waals surface area contributed by atoms with Crippen LogP contribution in [0.15, 0.2) is 18.2 Å². The van der Waals surface area contributed by atoms with E-state index in [1.165, 1.54) is 12.1 Å². The van der Waals surface area contributed by atoms with Gasteiger partial charge in [0, 0.05) is 22.6 Å². The SMILES string of the molecule is O=C(CCBr)c1cc(OC(F)F)ccc1CBr. The standard InChI is InChI=1S/C11H10Br2F2O2/c12-4-3-10(16)9-5-8(17-11(14)15)2-1-7(9)6-13/h1-2,5,11H,3-4,6H2. The maximum atomic E-state index is 12.1. The molecule has 0 heterocycles. The highest BCUT2D eigenvalue weighted by Gasteiger charge is 2.13. The molecule has 1 aromatic rings. The molecule has 0 saturated carbocycles. The van der Waals surface area contributed by atoms with Gasteiger partial charge in [-0.25, -0.2) is 0 Å². The number of halogens is 4. The van der Waals surface area contributed by atoms with Gasteiger partial charge in [-0.2, -0.15) is 8.78 Å². The molecule has 0 aliphatic carbocycles. The summed E-state index contributed by atoms with van der Waals surface area (Å²) in [5.74, 6) is -0.0985. The molecule has 0 unspecified atom stereocenters. The summed E-state index contributed by atoms with van der Waals surface area (Å²) >= 11 is 6.42. The van der Waals surface area contributed by atoms with Gasteiger partial charge in [-0.05, 0) is 17.7 Å². The van der Waals surface area contributed by atoms with Gasteiger partial charge < -0.3 is 4.74 Å². The quantitative estimate of drug-likeness (QED) is 0.554. The minimum atomic E-state index is -2.89. The zero-order valence-corrected chi connectivity index (χ0v) is 11.9. The van der Waals surface area contributed by atoms with E-state index in [1.807, 2.05) is 0 Å². The Balaban J connectivity index is 3.01. The Morgan fingerprint density at radius 1 is 1.35 bits per heavy atom. The van der Waals surface area contributed by atoms with E-state index in [9.17, 15) is 13.6 Å². The zero-order chi connectivity index (χ0) is 12.8. The summed E-state index contributed by atoms with van der Waals surface area (Å²) in [7, 11) is 0. The average molecular weight is 372 g/mol. The summed E-state index contributed by atoms with van der Waals surface area (Å²) < 4.78 is 28.4. The summed E-state index contributed by atoms with van der Waals surface area (Å²) in [4.78, 5) is 11.8. The summed E-state index contributed by atoms with van der Waals surface area (Å²) in [6, 6.07) is 4.38. The van der Waals surface area contributed by atoms with Crippen LogP contribution in [0.1, 0.15) is 22.3 Å². The molecule has 0 amide bonds. The molecule has 1 rings (SSSR count). The molecule has 17 heavy (non-hydrogen) atoms. The second kappa shape index (κ2) is 7.06. The van der Waals surface area contributed by atoms with Gasteiger partial charge in [0.2, 0.25) is 0 Å². The summed E-state index contributed by atoms with van der Waals surface area (Å²) in [6.45, 7) is -2.89. The number of hydrogen-bond acceptors (Lipinski definition) is 2. The Bertz CT molecular complexity index is 397. The van der Waals surface area contributed by atoms with Gasteiger partial charge >= 0.3 is 6.61 Å². The fraction of sp³-hybridized carbons (Fsp3) is 0.364. The van der Waals surface area contributed by atoms with Crippen molar-refractivity contribution in [3.8, 4) is 5.75 Å². The van der Waals surface area contributed by atoms with Crippen molar-refractivity contribution < 1.29 is 18.3 Å². The smallest absolute Gasteiger partial charge is 0.387 e. The number of carbonyl (C=O) groups excluding carboxylic acids is 1. The van der Waals surface area contributed by atoms with Crippen molar-refractivity contribution in [3.05, 3.63) is 29.3 Å². The molecule has 0 aliphatic heterocycles. The first-order chi connectivity index (χ1) is 8.08. The largest absolute Gasteiger partial charge is 0.435 e. The average Bonchev–Trinajstić information content (AvgIpc) is 2.28. The maximum Gasteiger partial charge on any atom is 0.387 e. The highest BCUT2D eigenvalue weighted by atomic mass is 79.9. The zero-order valence-electron chi connectivity index (χ0n) is 8.76. The molecule has 0 aromatic heterocycles. The van der Waals surface area contributed by atoms with E-state index in [0.29, 0.717) is 22.6 Å². The van der Waals surface area contributed by atoms with Gasteiger partial charge in [-0.3, -0.25) is 4.79 Å². The van der Waals surface area contributed by atoms with Crippen LogP contribution >= 0.6 is 31.9 Å². The second-order valence-corrected chi connectivity index (χ2v) is 4.55. The van der Waals surface area contributed by atoms with Gasteiger partial charge in [0.15, 0.2) is 5.78 Å². The van der Waals surface area contributed by atoms with Crippen LogP contribution in [-0.4, -0.2) is 17.7 Å². The molecule has 0 N–H and O–H groups in total. The van der Waals surface area contributed by atoms with E-state index in [-0.39, 0.29) is 11.5 Å². The van der Waals surface area contributed by atoms with Gasteiger partial charge in [0.1, 0.15) is 5.75 Å². The fourth-order valence-electron chi connectivity index (χ4n) is 1.33. The summed E-state index contributed by atoms with van der Waals surface area (Å²) in [5, 5.41) is 1.03. The van der Waals surface area contributed by atoms with Crippen LogP contribution in [0.2, 0.25) is 0 Å². The van der Waals surface area contributed by atoms with E-state index in [4.69, 9.17) is 0 Å². The maximum absolute atomic E-state index is 12.1. The topological polar surface area (TPSA) is 26.3 Å². The fourth-order valence-corrected chi connectivity index (χ4v) is 2.18. The lowest BCUT2D eigenvalue weighted by atomic mass is 10.0. The van der Waals surface area contributed by atoms with Crippen LogP contribution < -0.4 is 4.74 Å². The Morgan fingerprint density at radius 3 is 2.59 bits per heavy atom. The van der Waals surface area contributed by atoms with Crippen molar-refractivity contribution in [2.24, 2.45) is 0 Å². The van der Waals surface area contributed by atoms with Gasteiger partial charge in [0.25, 0.3) is 0 Å². The Morgan fingerprint density at radius 2 is 2.06 bits per heavy atom. The minimum Gasteiger partial charge on any atom is -0.435 e. The lowest BCUT2D eigenvalue weighted by Gasteiger charge is -2.09. The second-order valence-electron chi connectivity index (χ2n) is 3.19. The molecule has 0 radical (unpaired) electrons. The first-order valence-electron chi connectivity index (χ1n) is 4.81. The van der Waals surface area contributed by atoms with E-state index < -0.39 is 6.61 Å². The van der Waals surface area contributed by atoms with E-state index in [2.05, 4.69) is 36.6 Å². The molecule has 0 spiro atoms. The first-order valence-corrected chi connectivity index (χ1v) is 7.05. The van der Waals surface area contributed by atoms with Crippen molar-refractivity contribution in [2.75, 3.05) is 5.33 Å². The number of benzene rings is 1. The Kier molecular flexibility index (Phi) is 6.05. The van der Waals surface area contributed by atoms with Crippen molar-refractivity contribution in [1.82, 2.24) is 0 Å². The first kappa shape index (κ1) is 14.6. The third kappa shape index (κ3) is 4.35. The normalized spacial score (nSPS) is 10.6. The minimum absolute atomic E-state index is 0.00243. The number of Topliss-reactive ketones (excluding diaryl/α,β-unsaturated/α-hetero) is 1. The van der Waals surface area contributed by atoms with Gasteiger partial charge in [-0.15, -0.1) is 0 Å². The molecule has 1 aromatic carbocycles. The number of hydrogen-bond donors (Lipinski definition) is 0. The molecule has 0 atom stereocenters. The molecule has 2 nitrogen and oxygen atoms in total. The molecule has 6 heteroatoms. The lowest BCUT2D eigenvalue weighted by molar-refractivity contribution is -0.0498. The molecule has 0 bridgehead atoms. The molecule has 94 valence electrons. The van der Waals surface area contributed by atoms with E-state index in [0.717, 1.165) is 5.56 Å². The van der Waals surface area contributed by atoms with Crippen LogP contribution in [0.5, 0.6) is 5.75 Å². The van der Waals surface area contributed by atoms with Crippen LogP contribution in [0.4, 0.5) is 8.78 Å². The monoisotopic (exact) mass is 370 g/mol. The third-order valence-electron chi connectivity index (χ3n) is 2.07. The Hall–Kier alpha value is -0.490.